The lowest BCUT2D eigenvalue weighted by Crippen LogP contribution is -2.60. The third kappa shape index (κ3) is 4.77. The molecule has 0 aromatic carbocycles. The van der Waals surface area contributed by atoms with Crippen LogP contribution in [-0.4, -0.2) is 57.4 Å². The van der Waals surface area contributed by atoms with Gasteiger partial charge in [-0.25, -0.2) is 0 Å². The lowest BCUT2D eigenvalue weighted by molar-refractivity contribution is -0.176. The standard InChI is InChI=1S/C26H29F3N6O3/c1-24(2,3)20(34-23(38)26(27,28)29)22(37)35-12-15-17(25(15,4)5)19(35)21(36)33-16(9-30)14-11-31-10-13-7-6-8-32-18(13)14/h6-8,10-11,15-17,19-20H,12H2,1-5H3,(H,33,36)(H,34,38)/t15-,16?,17-,19-,20+/m0/s1. The fourth-order valence-corrected chi connectivity index (χ4v) is 5.48. The second kappa shape index (κ2) is 9.22. The molecule has 2 aromatic rings. The quantitative estimate of drug-likeness (QED) is 0.612. The molecule has 0 radical (unpaired) electrons. The Morgan fingerprint density at radius 3 is 2.47 bits per heavy atom. The molecule has 0 bridgehead atoms. The molecule has 2 N–H and O–H groups in total. The van der Waals surface area contributed by atoms with Gasteiger partial charge in [-0.1, -0.05) is 34.6 Å². The average molecular weight is 531 g/mol. The van der Waals surface area contributed by atoms with Crippen molar-refractivity contribution in [3.8, 4) is 6.07 Å². The SMILES string of the molecule is CC(C)(C)[C@H](NC(=O)C(F)(F)F)C(=O)N1C[C@H]2[C@@H]([C@H]1C(=O)NC(C#N)c1cncc3cccnc13)C2(C)C. The molecule has 2 aromatic heterocycles. The molecule has 9 nitrogen and oxygen atoms in total. The Morgan fingerprint density at radius 1 is 1.18 bits per heavy atom. The summed E-state index contributed by atoms with van der Waals surface area (Å²) in [6.45, 7) is 8.67. The Hall–Kier alpha value is -3.75. The fraction of sp³-hybridized carbons (Fsp3) is 0.538. The van der Waals surface area contributed by atoms with E-state index in [1.54, 1.807) is 24.5 Å². The molecular weight excluding hydrogens is 501 g/mol. The molecule has 1 unspecified atom stereocenters. The van der Waals surface area contributed by atoms with E-state index in [1.165, 1.54) is 31.9 Å². The van der Waals surface area contributed by atoms with Crippen LogP contribution in [-0.2, 0) is 14.4 Å². The van der Waals surface area contributed by atoms with Gasteiger partial charge in [0.2, 0.25) is 11.8 Å². The zero-order valence-corrected chi connectivity index (χ0v) is 21.6. The fourth-order valence-electron chi connectivity index (χ4n) is 5.48. The Bertz CT molecular complexity index is 1320. The van der Waals surface area contributed by atoms with Crippen molar-refractivity contribution < 1.29 is 27.6 Å². The number of nitriles is 1. The number of nitrogens with zero attached hydrogens (tertiary/aromatic N) is 4. The third-order valence-corrected chi connectivity index (χ3v) is 7.67. The minimum atomic E-state index is -5.17. The number of nitrogens with one attached hydrogen (secondary N) is 2. The molecule has 1 aliphatic carbocycles. The maximum Gasteiger partial charge on any atom is 0.471 e. The van der Waals surface area contributed by atoms with Crippen molar-refractivity contribution in [2.45, 2.75) is 58.9 Å². The summed E-state index contributed by atoms with van der Waals surface area (Å²) in [5, 5.41) is 15.1. The first-order chi connectivity index (χ1) is 17.6. The molecule has 0 spiro atoms. The molecular formula is C26H29F3N6O3. The minimum absolute atomic E-state index is 0.0532. The van der Waals surface area contributed by atoms with Crippen LogP contribution in [0.1, 0.15) is 46.2 Å². The normalized spacial score (nSPS) is 23.7. The predicted octanol–water partition coefficient (Wildman–Crippen LogP) is 2.89. The molecule has 202 valence electrons. The first-order valence-corrected chi connectivity index (χ1v) is 12.2. The van der Waals surface area contributed by atoms with E-state index in [1.807, 2.05) is 19.2 Å². The second-order valence-corrected chi connectivity index (χ2v) is 11.5. The van der Waals surface area contributed by atoms with Gasteiger partial charge in [0.15, 0.2) is 0 Å². The molecule has 1 saturated carbocycles. The zero-order chi connectivity index (χ0) is 28.2. The summed E-state index contributed by atoms with van der Waals surface area (Å²) in [6.07, 6.45) is -0.596. The Morgan fingerprint density at radius 2 is 1.87 bits per heavy atom. The summed E-state index contributed by atoms with van der Waals surface area (Å²) in [6, 6.07) is 1.86. The smallest absolute Gasteiger partial charge is 0.336 e. The number of rotatable bonds is 5. The van der Waals surface area contributed by atoms with E-state index < -0.39 is 47.4 Å². The summed E-state index contributed by atoms with van der Waals surface area (Å²) in [7, 11) is 0. The highest BCUT2D eigenvalue weighted by Gasteiger charge is 2.70. The van der Waals surface area contributed by atoms with Crippen LogP contribution in [0, 0.1) is 34.0 Å². The number of aromatic nitrogens is 2. The van der Waals surface area contributed by atoms with Gasteiger partial charge < -0.3 is 15.5 Å². The number of piperidine rings is 1. The predicted molar refractivity (Wildman–Crippen MR) is 130 cm³/mol. The molecule has 12 heteroatoms. The maximum absolute atomic E-state index is 13.7. The van der Waals surface area contributed by atoms with Crippen molar-refractivity contribution in [1.29, 1.82) is 5.26 Å². The van der Waals surface area contributed by atoms with E-state index >= 15 is 0 Å². The Kier molecular flexibility index (Phi) is 6.62. The van der Waals surface area contributed by atoms with Gasteiger partial charge in [0.25, 0.3) is 0 Å². The highest BCUT2D eigenvalue weighted by Crippen LogP contribution is 2.65. The highest BCUT2D eigenvalue weighted by molar-refractivity contribution is 5.95. The Labute approximate surface area is 217 Å². The molecule has 2 fully saturated rings. The molecule has 1 aliphatic heterocycles. The number of alkyl halides is 3. The van der Waals surface area contributed by atoms with E-state index in [0.717, 1.165) is 0 Å². The molecule has 1 saturated heterocycles. The second-order valence-electron chi connectivity index (χ2n) is 11.5. The van der Waals surface area contributed by atoms with Crippen molar-refractivity contribution in [3.63, 3.8) is 0 Å². The van der Waals surface area contributed by atoms with Gasteiger partial charge in [-0.3, -0.25) is 24.4 Å². The number of hydrogen-bond donors (Lipinski definition) is 2. The topological polar surface area (TPSA) is 128 Å². The van der Waals surface area contributed by atoms with Crippen LogP contribution >= 0.6 is 0 Å². The summed E-state index contributed by atoms with van der Waals surface area (Å²) in [5.41, 5.74) is -0.486. The minimum Gasteiger partial charge on any atom is -0.336 e. The van der Waals surface area contributed by atoms with E-state index in [0.29, 0.717) is 16.5 Å². The van der Waals surface area contributed by atoms with E-state index in [9.17, 15) is 32.8 Å². The van der Waals surface area contributed by atoms with Gasteiger partial charge in [-0.2, -0.15) is 18.4 Å². The van der Waals surface area contributed by atoms with Gasteiger partial charge >= 0.3 is 12.1 Å². The first-order valence-electron chi connectivity index (χ1n) is 12.2. The van der Waals surface area contributed by atoms with Crippen LogP contribution in [0.2, 0.25) is 0 Å². The summed E-state index contributed by atoms with van der Waals surface area (Å²) < 4.78 is 39.1. The van der Waals surface area contributed by atoms with E-state index in [2.05, 4.69) is 21.4 Å². The third-order valence-electron chi connectivity index (χ3n) is 7.67. The van der Waals surface area contributed by atoms with Crippen LogP contribution in [0.3, 0.4) is 0 Å². The lowest BCUT2D eigenvalue weighted by atomic mass is 9.85. The van der Waals surface area contributed by atoms with Crippen molar-refractivity contribution in [2.75, 3.05) is 6.54 Å². The van der Waals surface area contributed by atoms with Crippen LogP contribution in [0.4, 0.5) is 13.2 Å². The van der Waals surface area contributed by atoms with Crippen molar-refractivity contribution in [1.82, 2.24) is 25.5 Å². The van der Waals surface area contributed by atoms with E-state index in [-0.39, 0.29) is 23.8 Å². The number of hydrogen-bond acceptors (Lipinski definition) is 6. The lowest BCUT2D eigenvalue weighted by Gasteiger charge is -2.37. The number of pyridine rings is 2. The van der Waals surface area contributed by atoms with E-state index in [4.69, 9.17) is 0 Å². The number of carbonyl (C=O) groups excluding carboxylic acids is 3. The number of halogens is 3. The van der Waals surface area contributed by atoms with Crippen LogP contribution < -0.4 is 10.6 Å². The first kappa shape index (κ1) is 27.3. The molecule has 3 amide bonds. The molecule has 3 heterocycles. The van der Waals surface area contributed by atoms with Crippen molar-refractivity contribution >= 4 is 28.6 Å². The number of fused-ring (bicyclic) bond motifs is 2. The van der Waals surface area contributed by atoms with Crippen LogP contribution in [0.25, 0.3) is 10.9 Å². The molecule has 38 heavy (non-hydrogen) atoms. The highest BCUT2D eigenvalue weighted by atomic mass is 19.4. The maximum atomic E-state index is 13.7. The largest absolute Gasteiger partial charge is 0.471 e. The molecule has 2 aliphatic rings. The average Bonchev–Trinajstić information content (AvgIpc) is 3.16. The van der Waals surface area contributed by atoms with Gasteiger partial charge in [0, 0.05) is 36.1 Å². The summed E-state index contributed by atoms with van der Waals surface area (Å²) >= 11 is 0. The van der Waals surface area contributed by atoms with Gasteiger partial charge in [0.1, 0.15) is 18.1 Å². The Balaban J connectivity index is 1.63. The van der Waals surface area contributed by atoms with Gasteiger partial charge in [-0.05, 0) is 34.8 Å². The van der Waals surface area contributed by atoms with Crippen molar-refractivity contribution in [3.05, 3.63) is 36.3 Å². The number of carbonyl (C=O) groups is 3. The van der Waals surface area contributed by atoms with Crippen molar-refractivity contribution in [2.24, 2.45) is 22.7 Å². The molecule has 4 rings (SSSR count). The van der Waals surface area contributed by atoms with Gasteiger partial charge in [0.05, 0.1) is 11.6 Å². The zero-order valence-electron chi connectivity index (χ0n) is 21.6. The van der Waals surface area contributed by atoms with Crippen LogP contribution in [0.5, 0.6) is 0 Å². The monoisotopic (exact) mass is 530 g/mol. The number of amides is 3. The summed E-state index contributed by atoms with van der Waals surface area (Å²) in [5.74, 6) is -3.92. The number of likely N-dealkylation sites (tertiary alicyclic amines) is 1. The molecule has 5 atom stereocenters. The summed E-state index contributed by atoms with van der Waals surface area (Å²) in [4.78, 5) is 48.7. The van der Waals surface area contributed by atoms with Gasteiger partial charge in [-0.15, -0.1) is 0 Å². The van der Waals surface area contributed by atoms with Crippen LogP contribution in [0.15, 0.2) is 30.7 Å².